The third-order valence-corrected chi connectivity index (χ3v) is 3.79. The molecule has 5 heteroatoms. The van der Waals surface area contributed by atoms with Crippen molar-refractivity contribution < 1.29 is 4.74 Å². The average Bonchev–Trinajstić information content (AvgIpc) is 3.00. The molecule has 1 saturated heterocycles. The van der Waals surface area contributed by atoms with Crippen LogP contribution in [0.4, 0.5) is 5.82 Å². The molecule has 0 aliphatic carbocycles. The first-order valence-corrected chi connectivity index (χ1v) is 7.14. The molecule has 21 heavy (non-hydrogen) atoms. The van der Waals surface area contributed by atoms with Gasteiger partial charge in [-0.25, -0.2) is 9.67 Å². The van der Waals surface area contributed by atoms with Crippen LogP contribution < -0.4 is 4.90 Å². The van der Waals surface area contributed by atoms with Crippen molar-refractivity contribution in [3.05, 3.63) is 48.8 Å². The molecule has 4 rings (SSSR count). The fraction of sp³-hybridized carbons (Fsp3) is 0.250. The standard InChI is InChI=1S/C16H16N4O/c1-2-4-15-13(3-1)12-18-20(15)14-5-6-17-16(11-14)19-7-9-21-10-8-19/h1-6,11-12H,7-10H2. The van der Waals surface area contributed by atoms with Gasteiger partial charge in [0.05, 0.1) is 30.6 Å². The molecule has 0 unspecified atom stereocenters. The van der Waals surface area contributed by atoms with Crippen LogP contribution in [0.3, 0.4) is 0 Å². The first-order valence-electron chi connectivity index (χ1n) is 7.14. The van der Waals surface area contributed by atoms with Crippen LogP contribution in [0, 0.1) is 0 Å². The number of fused-ring (bicyclic) bond motifs is 1. The Labute approximate surface area is 122 Å². The fourth-order valence-electron chi connectivity index (χ4n) is 2.68. The van der Waals surface area contributed by atoms with E-state index in [4.69, 9.17) is 4.74 Å². The number of anilines is 1. The number of nitrogens with zero attached hydrogens (tertiary/aromatic N) is 4. The van der Waals surface area contributed by atoms with E-state index in [1.165, 1.54) is 0 Å². The van der Waals surface area contributed by atoms with Gasteiger partial charge in [-0.2, -0.15) is 5.10 Å². The molecule has 106 valence electrons. The van der Waals surface area contributed by atoms with Crippen molar-refractivity contribution in [3.63, 3.8) is 0 Å². The van der Waals surface area contributed by atoms with Crippen LogP contribution in [0.5, 0.6) is 0 Å². The Balaban J connectivity index is 1.75. The van der Waals surface area contributed by atoms with Gasteiger partial charge in [-0.15, -0.1) is 0 Å². The predicted octanol–water partition coefficient (Wildman–Crippen LogP) is 2.26. The summed E-state index contributed by atoms with van der Waals surface area (Å²) in [6.45, 7) is 3.29. The molecule has 2 aromatic heterocycles. The maximum Gasteiger partial charge on any atom is 0.130 e. The summed E-state index contributed by atoms with van der Waals surface area (Å²) in [5.41, 5.74) is 2.14. The predicted molar refractivity (Wildman–Crippen MR) is 81.9 cm³/mol. The second-order valence-electron chi connectivity index (χ2n) is 5.09. The SMILES string of the molecule is c1ccc2c(c1)cnn2-c1ccnc(N2CCOCC2)c1. The Bertz CT molecular complexity index is 762. The molecule has 0 saturated carbocycles. The number of aromatic nitrogens is 3. The third-order valence-electron chi connectivity index (χ3n) is 3.79. The van der Waals surface area contributed by atoms with Gasteiger partial charge in [0.25, 0.3) is 0 Å². The van der Waals surface area contributed by atoms with E-state index in [-0.39, 0.29) is 0 Å². The highest BCUT2D eigenvalue weighted by Gasteiger charge is 2.13. The van der Waals surface area contributed by atoms with Crippen LogP contribution in [-0.4, -0.2) is 41.1 Å². The van der Waals surface area contributed by atoms with Crippen molar-refractivity contribution in [1.82, 2.24) is 14.8 Å². The normalized spacial score (nSPS) is 15.5. The first kappa shape index (κ1) is 12.3. The van der Waals surface area contributed by atoms with E-state index in [2.05, 4.69) is 33.2 Å². The number of para-hydroxylation sites is 1. The molecule has 0 atom stereocenters. The van der Waals surface area contributed by atoms with E-state index in [0.717, 1.165) is 48.7 Å². The number of hydrogen-bond acceptors (Lipinski definition) is 4. The van der Waals surface area contributed by atoms with Gasteiger partial charge >= 0.3 is 0 Å². The molecule has 1 aliphatic rings. The Hall–Kier alpha value is -2.40. The van der Waals surface area contributed by atoms with Crippen LogP contribution in [0.25, 0.3) is 16.6 Å². The molecule has 1 aliphatic heterocycles. The summed E-state index contributed by atoms with van der Waals surface area (Å²) in [4.78, 5) is 6.73. The second kappa shape index (κ2) is 5.18. The lowest BCUT2D eigenvalue weighted by atomic mass is 10.2. The number of ether oxygens (including phenoxy) is 1. The summed E-state index contributed by atoms with van der Waals surface area (Å²) < 4.78 is 7.35. The van der Waals surface area contributed by atoms with Crippen molar-refractivity contribution in [2.75, 3.05) is 31.2 Å². The van der Waals surface area contributed by atoms with Gasteiger partial charge in [0.15, 0.2) is 0 Å². The molecular weight excluding hydrogens is 264 g/mol. The van der Waals surface area contributed by atoms with E-state index < -0.39 is 0 Å². The lowest BCUT2D eigenvalue weighted by Crippen LogP contribution is -2.36. The molecule has 0 amide bonds. The second-order valence-corrected chi connectivity index (χ2v) is 5.09. The minimum Gasteiger partial charge on any atom is -0.378 e. The first-order chi connectivity index (χ1) is 10.4. The summed E-state index contributed by atoms with van der Waals surface area (Å²) in [6, 6.07) is 12.3. The Morgan fingerprint density at radius 2 is 1.90 bits per heavy atom. The summed E-state index contributed by atoms with van der Waals surface area (Å²) >= 11 is 0. The molecule has 0 spiro atoms. The van der Waals surface area contributed by atoms with Crippen LogP contribution in [-0.2, 0) is 4.74 Å². The minimum atomic E-state index is 0.761. The molecule has 3 heterocycles. The lowest BCUT2D eigenvalue weighted by Gasteiger charge is -2.28. The van der Waals surface area contributed by atoms with Gasteiger partial charge in [-0.05, 0) is 12.1 Å². The van der Waals surface area contributed by atoms with Gasteiger partial charge in [0.1, 0.15) is 5.82 Å². The summed E-state index contributed by atoms with van der Waals surface area (Å²) in [5, 5.41) is 5.64. The van der Waals surface area contributed by atoms with Gasteiger partial charge in [0.2, 0.25) is 0 Å². The van der Waals surface area contributed by atoms with E-state index in [1.54, 1.807) is 0 Å². The molecule has 0 N–H and O–H groups in total. The molecule has 3 aromatic rings. The molecule has 5 nitrogen and oxygen atoms in total. The number of hydrogen-bond donors (Lipinski definition) is 0. The largest absolute Gasteiger partial charge is 0.378 e. The topological polar surface area (TPSA) is 43.2 Å². The highest BCUT2D eigenvalue weighted by molar-refractivity contribution is 5.80. The lowest BCUT2D eigenvalue weighted by molar-refractivity contribution is 0.122. The van der Waals surface area contributed by atoms with Crippen molar-refractivity contribution in [3.8, 4) is 5.69 Å². The Kier molecular flexibility index (Phi) is 3.05. The van der Waals surface area contributed by atoms with Crippen molar-refractivity contribution >= 4 is 16.7 Å². The Morgan fingerprint density at radius 1 is 1.05 bits per heavy atom. The zero-order valence-electron chi connectivity index (χ0n) is 11.6. The van der Waals surface area contributed by atoms with E-state index in [9.17, 15) is 0 Å². The van der Waals surface area contributed by atoms with Gasteiger partial charge in [0, 0.05) is 30.7 Å². The van der Waals surface area contributed by atoms with E-state index in [0.29, 0.717) is 0 Å². The molecule has 0 bridgehead atoms. The van der Waals surface area contributed by atoms with Gasteiger partial charge in [-0.3, -0.25) is 0 Å². The third kappa shape index (κ3) is 2.25. The van der Waals surface area contributed by atoms with Gasteiger partial charge < -0.3 is 9.64 Å². The monoisotopic (exact) mass is 280 g/mol. The molecule has 0 radical (unpaired) electrons. The number of morpholine rings is 1. The van der Waals surface area contributed by atoms with Gasteiger partial charge in [-0.1, -0.05) is 18.2 Å². The highest BCUT2D eigenvalue weighted by Crippen LogP contribution is 2.21. The molecule has 1 aromatic carbocycles. The Morgan fingerprint density at radius 3 is 2.81 bits per heavy atom. The zero-order valence-corrected chi connectivity index (χ0v) is 11.6. The minimum absolute atomic E-state index is 0.761. The highest BCUT2D eigenvalue weighted by atomic mass is 16.5. The summed E-state index contributed by atoms with van der Waals surface area (Å²) in [7, 11) is 0. The van der Waals surface area contributed by atoms with E-state index in [1.807, 2.05) is 35.3 Å². The maximum absolute atomic E-state index is 5.39. The quantitative estimate of drug-likeness (QED) is 0.722. The van der Waals surface area contributed by atoms with Crippen LogP contribution in [0.2, 0.25) is 0 Å². The number of benzene rings is 1. The zero-order chi connectivity index (χ0) is 14.1. The van der Waals surface area contributed by atoms with Crippen molar-refractivity contribution in [2.45, 2.75) is 0 Å². The average molecular weight is 280 g/mol. The maximum atomic E-state index is 5.39. The van der Waals surface area contributed by atoms with Crippen molar-refractivity contribution in [2.24, 2.45) is 0 Å². The fourth-order valence-corrected chi connectivity index (χ4v) is 2.68. The molecule has 1 fully saturated rings. The number of pyridine rings is 1. The number of rotatable bonds is 2. The van der Waals surface area contributed by atoms with Crippen molar-refractivity contribution in [1.29, 1.82) is 0 Å². The summed E-state index contributed by atoms with van der Waals surface area (Å²) in [5.74, 6) is 0.982. The molecular formula is C16H16N4O. The van der Waals surface area contributed by atoms with Crippen LogP contribution in [0.1, 0.15) is 0 Å². The van der Waals surface area contributed by atoms with Crippen LogP contribution in [0.15, 0.2) is 48.8 Å². The van der Waals surface area contributed by atoms with Crippen LogP contribution >= 0.6 is 0 Å². The smallest absolute Gasteiger partial charge is 0.130 e. The van der Waals surface area contributed by atoms with E-state index >= 15 is 0 Å². The summed E-state index contributed by atoms with van der Waals surface area (Å²) in [6.07, 6.45) is 3.74.